The smallest absolute Gasteiger partial charge is 0.189 e. The number of rotatable bonds is 20. The van der Waals surface area contributed by atoms with Crippen molar-refractivity contribution in [2.24, 2.45) is 0 Å². The molecule has 0 aliphatic rings. The van der Waals surface area contributed by atoms with Crippen molar-refractivity contribution in [3.05, 3.63) is 102 Å². The highest BCUT2D eigenvalue weighted by atomic mass is 32.2. The van der Waals surface area contributed by atoms with Gasteiger partial charge in [-0.25, -0.2) is 0 Å². The van der Waals surface area contributed by atoms with Crippen molar-refractivity contribution in [1.82, 2.24) is 0 Å². The lowest BCUT2D eigenvalue weighted by atomic mass is 9.80. The van der Waals surface area contributed by atoms with E-state index >= 15 is 0 Å². The predicted molar refractivity (Wildman–Crippen MR) is 172 cm³/mol. The van der Waals surface area contributed by atoms with E-state index in [0.29, 0.717) is 26.2 Å². The second-order valence-electron chi connectivity index (χ2n) is 10.5. The average Bonchev–Trinajstić information content (AvgIpc) is 3.02. The first-order valence-electron chi connectivity index (χ1n) is 15.3. The minimum Gasteiger partial charge on any atom is -0.497 e. The monoisotopic (exact) mass is 576 g/mol. The maximum atomic E-state index is 13.1. The minimum absolute atomic E-state index is 0.107. The summed E-state index contributed by atoms with van der Waals surface area (Å²) in [4.78, 5) is 13.1. The molecule has 0 aliphatic carbocycles. The molecule has 0 unspecified atom stereocenters. The Morgan fingerprint density at radius 3 is 1.85 bits per heavy atom. The molecule has 0 saturated carbocycles. The van der Waals surface area contributed by atoms with Gasteiger partial charge < -0.3 is 14.2 Å². The number of hydrogen-bond donors (Lipinski definition) is 0. The summed E-state index contributed by atoms with van der Waals surface area (Å²) in [5.74, 6) is 0.794. The van der Waals surface area contributed by atoms with E-state index in [4.69, 9.17) is 14.2 Å². The number of ether oxygens (including phenoxy) is 3. The van der Waals surface area contributed by atoms with E-state index in [1.165, 1.54) is 31.0 Å². The second kappa shape index (κ2) is 18.8. The number of benzene rings is 3. The van der Waals surface area contributed by atoms with Crippen molar-refractivity contribution >= 4 is 16.9 Å². The maximum absolute atomic E-state index is 13.1. The molecule has 0 N–H and O–H groups in total. The Morgan fingerprint density at radius 1 is 0.707 bits per heavy atom. The Hall–Kier alpha value is -2.60. The van der Waals surface area contributed by atoms with Gasteiger partial charge in [-0.2, -0.15) is 0 Å². The maximum Gasteiger partial charge on any atom is 0.189 e. The van der Waals surface area contributed by atoms with Gasteiger partial charge in [0, 0.05) is 13.0 Å². The predicted octanol–water partition coefficient (Wildman–Crippen LogP) is 9.20. The van der Waals surface area contributed by atoms with Crippen molar-refractivity contribution in [3.8, 4) is 5.75 Å². The fourth-order valence-electron chi connectivity index (χ4n) is 5.04. The zero-order valence-electron chi connectivity index (χ0n) is 25.2. The molecule has 0 heterocycles. The fraction of sp³-hybridized carbons (Fsp3) is 0.472. The fourth-order valence-corrected chi connectivity index (χ4v) is 5.98. The van der Waals surface area contributed by atoms with Gasteiger partial charge in [-0.1, -0.05) is 137 Å². The van der Waals surface area contributed by atoms with Crippen LogP contribution in [0.1, 0.15) is 88.3 Å². The van der Waals surface area contributed by atoms with Gasteiger partial charge >= 0.3 is 0 Å². The quantitative estimate of drug-likeness (QED) is 0.0991. The molecular formula is C36H48O4S. The molecule has 0 spiro atoms. The topological polar surface area (TPSA) is 44.8 Å². The molecule has 4 nitrogen and oxygen atoms in total. The van der Waals surface area contributed by atoms with Gasteiger partial charge in [0.2, 0.25) is 0 Å². The van der Waals surface area contributed by atoms with Gasteiger partial charge in [-0.15, -0.1) is 0 Å². The number of unbranched alkanes of at least 4 members (excludes halogenated alkanes) is 6. The van der Waals surface area contributed by atoms with Crippen molar-refractivity contribution < 1.29 is 19.0 Å². The highest BCUT2D eigenvalue weighted by Gasteiger charge is 2.38. The van der Waals surface area contributed by atoms with E-state index in [1.807, 2.05) is 48.5 Å². The van der Waals surface area contributed by atoms with E-state index in [0.717, 1.165) is 54.5 Å². The first-order chi connectivity index (χ1) is 20.1. The zero-order valence-corrected chi connectivity index (χ0v) is 26.0. The largest absolute Gasteiger partial charge is 0.497 e. The molecule has 222 valence electrons. The van der Waals surface area contributed by atoms with Crippen LogP contribution in [-0.4, -0.2) is 37.3 Å². The third-order valence-corrected chi connectivity index (χ3v) is 8.39. The molecule has 3 aromatic carbocycles. The Labute approximate surface area is 252 Å². The lowest BCUT2D eigenvalue weighted by molar-refractivity contribution is -0.111. The van der Waals surface area contributed by atoms with Crippen LogP contribution in [0.15, 0.2) is 84.9 Å². The van der Waals surface area contributed by atoms with Gasteiger partial charge in [-0.3, -0.25) is 4.79 Å². The molecule has 0 saturated heterocycles. The summed E-state index contributed by atoms with van der Waals surface area (Å²) in [6.07, 6.45) is 9.61. The van der Waals surface area contributed by atoms with Crippen molar-refractivity contribution in [2.75, 3.05) is 26.9 Å². The molecule has 3 rings (SSSR count). The molecule has 1 atom stereocenters. The summed E-state index contributed by atoms with van der Waals surface area (Å²) in [6, 6.07) is 28.8. The number of thioether (sulfide) groups is 1. The summed E-state index contributed by atoms with van der Waals surface area (Å²) in [5.41, 5.74) is 2.21. The Kier molecular flexibility index (Phi) is 15.1. The summed E-state index contributed by atoms with van der Waals surface area (Å²) < 4.78 is 18.6. The van der Waals surface area contributed by atoms with Crippen molar-refractivity contribution in [3.63, 3.8) is 0 Å². The molecule has 0 aliphatic heterocycles. The van der Waals surface area contributed by atoms with E-state index in [1.54, 1.807) is 7.11 Å². The van der Waals surface area contributed by atoms with E-state index in [2.05, 4.69) is 50.2 Å². The van der Waals surface area contributed by atoms with Crippen LogP contribution in [0.5, 0.6) is 5.75 Å². The summed E-state index contributed by atoms with van der Waals surface area (Å²) in [7, 11) is 1.68. The van der Waals surface area contributed by atoms with Gasteiger partial charge in [-0.05, 0) is 41.7 Å². The van der Waals surface area contributed by atoms with Crippen LogP contribution in [0.4, 0.5) is 0 Å². The Bertz CT molecular complexity index is 1060. The first-order valence-corrected chi connectivity index (χ1v) is 16.2. The SMILES string of the molecule is CCCCCCCC(=O)S[C@@H](COCCCCC)COC(c1ccccc1)(c1ccccc1)c1ccc(OC)cc1. The standard InChI is InChI=1S/C36H48O4S/c1-4-6-8-9-16-22-35(37)41-34(28-39-27-17-7-5-2)29-40-36(30-18-12-10-13-19-30,31-20-14-11-15-21-31)32-23-25-33(38-3)26-24-32/h10-15,18-21,23-26,34H,4-9,16-17,22,27-29H2,1-3H3/t34-/m0/s1. The van der Waals surface area contributed by atoms with Gasteiger partial charge in [0.05, 0.1) is 25.6 Å². The molecule has 0 fully saturated rings. The number of hydrogen-bond acceptors (Lipinski definition) is 5. The van der Waals surface area contributed by atoms with E-state index < -0.39 is 5.60 Å². The van der Waals surface area contributed by atoms with E-state index in [-0.39, 0.29) is 10.4 Å². The lowest BCUT2D eigenvalue weighted by Crippen LogP contribution is -2.36. The highest BCUT2D eigenvalue weighted by Crippen LogP contribution is 2.41. The second-order valence-corrected chi connectivity index (χ2v) is 11.9. The van der Waals surface area contributed by atoms with Crippen LogP contribution in [0.25, 0.3) is 0 Å². The highest BCUT2D eigenvalue weighted by molar-refractivity contribution is 8.14. The first kappa shape index (κ1) is 32.9. The van der Waals surface area contributed by atoms with Gasteiger partial charge in [0.1, 0.15) is 11.4 Å². The summed E-state index contributed by atoms with van der Waals surface area (Å²) >= 11 is 1.40. The third-order valence-electron chi connectivity index (χ3n) is 7.32. The van der Waals surface area contributed by atoms with E-state index in [9.17, 15) is 4.79 Å². The zero-order chi connectivity index (χ0) is 29.2. The third kappa shape index (κ3) is 10.3. The van der Waals surface area contributed by atoms with Crippen LogP contribution in [0.3, 0.4) is 0 Å². The van der Waals surface area contributed by atoms with Crippen LogP contribution in [0, 0.1) is 0 Å². The Balaban J connectivity index is 1.89. The minimum atomic E-state index is -0.862. The molecule has 0 bridgehead atoms. The lowest BCUT2D eigenvalue weighted by Gasteiger charge is -2.37. The molecule has 0 amide bonds. The molecular weight excluding hydrogens is 528 g/mol. The van der Waals surface area contributed by atoms with Crippen molar-refractivity contribution in [1.29, 1.82) is 0 Å². The van der Waals surface area contributed by atoms with Crippen LogP contribution >= 0.6 is 11.8 Å². The number of carbonyl (C=O) groups excluding carboxylic acids is 1. The van der Waals surface area contributed by atoms with Crippen LogP contribution < -0.4 is 4.74 Å². The van der Waals surface area contributed by atoms with Crippen LogP contribution in [-0.2, 0) is 19.9 Å². The van der Waals surface area contributed by atoms with Gasteiger partial charge in [0.15, 0.2) is 5.12 Å². The summed E-state index contributed by atoms with van der Waals surface area (Å²) in [6.45, 7) is 5.96. The Morgan fingerprint density at radius 2 is 1.27 bits per heavy atom. The average molecular weight is 577 g/mol. The molecule has 0 aromatic heterocycles. The summed E-state index contributed by atoms with van der Waals surface area (Å²) in [5, 5.41) is 0.117. The molecule has 5 heteroatoms. The number of methoxy groups -OCH3 is 1. The number of carbonyl (C=O) groups is 1. The van der Waals surface area contributed by atoms with Crippen LogP contribution in [0.2, 0.25) is 0 Å². The molecule has 41 heavy (non-hydrogen) atoms. The molecule has 0 radical (unpaired) electrons. The molecule has 3 aromatic rings. The van der Waals surface area contributed by atoms with Gasteiger partial charge in [0.25, 0.3) is 0 Å². The normalized spacial score (nSPS) is 12.3. The van der Waals surface area contributed by atoms with Crippen molar-refractivity contribution in [2.45, 2.75) is 82.5 Å².